The molecule has 0 aliphatic carbocycles. The number of nitrogens with one attached hydrogen (secondary N) is 1. The zero-order chi connectivity index (χ0) is 10.1. The maximum atomic E-state index is 12.2. The van der Waals surface area contributed by atoms with E-state index in [1.54, 1.807) is 0 Å². The SMILES string of the molecule is O=c1[nH]ccc(CO)c1C(F)(F)F. The van der Waals surface area contributed by atoms with Gasteiger partial charge in [-0.1, -0.05) is 0 Å². The summed E-state index contributed by atoms with van der Waals surface area (Å²) in [6.07, 6.45) is -3.67. The van der Waals surface area contributed by atoms with E-state index in [1.807, 2.05) is 4.98 Å². The number of aliphatic hydroxyl groups is 1. The highest BCUT2D eigenvalue weighted by Crippen LogP contribution is 2.28. The molecule has 1 aromatic rings. The van der Waals surface area contributed by atoms with Crippen molar-refractivity contribution in [3.63, 3.8) is 0 Å². The van der Waals surface area contributed by atoms with E-state index in [4.69, 9.17) is 5.11 Å². The molecule has 72 valence electrons. The Hall–Kier alpha value is -1.30. The number of hydrogen-bond acceptors (Lipinski definition) is 2. The summed E-state index contributed by atoms with van der Waals surface area (Å²) >= 11 is 0. The second kappa shape index (κ2) is 3.21. The monoisotopic (exact) mass is 193 g/mol. The molecule has 0 atom stereocenters. The molecular formula is C7H6F3NO2. The summed E-state index contributed by atoms with van der Waals surface area (Å²) in [5.74, 6) is 0. The summed E-state index contributed by atoms with van der Waals surface area (Å²) in [5, 5.41) is 8.55. The van der Waals surface area contributed by atoms with Gasteiger partial charge in [0.15, 0.2) is 0 Å². The number of alkyl halides is 3. The van der Waals surface area contributed by atoms with Gasteiger partial charge in [-0.15, -0.1) is 0 Å². The quantitative estimate of drug-likeness (QED) is 0.695. The summed E-state index contributed by atoms with van der Waals surface area (Å²) in [5.41, 5.74) is -2.99. The number of hydrogen-bond donors (Lipinski definition) is 2. The van der Waals surface area contributed by atoms with E-state index >= 15 is 0 Å². The van der Waals surface area contributed by atoms with Crippen molar-refractivity contribution in [1.82, 2.24) is 4.98 Å². The van der Waals surface area contributed by atoms with Crippen molar-refractivity contribution in [3.8, 4) is 0 Å². The summed E-state index contributed by atoms with van der Waals surface area (Å²) in [6, 6.07) is 1.02. The fourth-order valence-electron chi connectivity index (χ4n) is 0.962. The van der Waals surface area contributed by atoms with Crippen LogP contribution in [0.1, 0.15) is 11.1 Å². The van der Waals surface area contributed by atoms with Crippen LogP contribution in [0.15, 0.2) is 17.1 Å². The largest absolute Gasteiger partial charge is 0.422 e. The van der Waals surface area contributed by atoms with Crippen molar-refractivity contribution in [1.29, 1.82) is 0 Å². The summed E-state index contributed by atoms with van der Waals surface area (Å²) in [7, 11) is 0. The summed E-state index contributed by atoms with van der Waals surface area (Å²) < 4.78 is 36.5. The molecule has 0 saturated heterocycles. The van der Waals surface area contributed by atoms with Crippen LogP contribution in [-0.2, 0) is 12.8 Å². The third kappa shape index (κ3) is 1.89. The fraction of sp³-hybridized carbons (Fsp3) is 0.286. The Balaban J connectivity index is 3.41. The average Bonchev–Trinajstić information content (AvgIpc) is 2.01. The predicted molar refractivity (Wildman–Crippen MR) is 38.0 cm³/mol. The number of rotatable bonds is 1. The molecular weight excluding hydrogens is 187 g/mol. The maximum Gasteiger partial charge on any atom is 0.422 e. The van der Waals surface area contributed by atoms with Crippen LogP contribution in [0.2, 0.25) is 0 Å². The Kier molecular flexibility index (Phi) is 2.42. The molecule has 0 spiro atoms. The van der Waals surface area contributed by atoms with E-state index in [-0.39, 0.29) is 0 Å². The van der Waals surface area contributed by atoms with Gasteiger partial charge in [-0.2, -0.15) is 13.2 Å². The number of aromatic amines is 1. The Morgan fingerprint density at radius 1 is 1.46 bits per heavy atom. The van der Waals surface area contributed by atoms with Crippen LogP contribution in [0.25, 0.3) is 0 Å². The molecule has 0 saturated carbocycles. The molecule has 0 bridgehead atoms. The van der Waals surface area contributed by atoms with Gasteiger partial charge in [0.2, 0.25) is 0 Å². The molecule has 6 heteroatoms. The Labute approximate surface area is 70.8 Å². The van der Waals surface area contributed by atoms with E-state index in [2.05, 4.69) is 0 Å². The smallest absolute Gasteiger partial charge is 0.392 e. The average molecular weight is 193 g/mol. The van der Waals surface area contributed by atoms with Crippen molar-refractivity contribution in [2.75, 3.05) is 0 Å². The Morgan fingerprint density at radius 2 is 2.08 bits per heavy atom. The Bertz CT molecular complexity index is 355. The van der Waals surface area contributed by atoms with Gasteiger partial charge in [0, 0.05) is 6.20 Å². The van der Waals surface area contributed by atoms with Gasteiger partial charge >= 0.3 is 6.18 Å². The van der Waals surface area contributed by atoms with Crippen molar-refractivity contribution in [2.45, 2.75) is 12.8 Å². The standard InChI is InChI=1S/C7H6F3NO2/c8-7(9,10)5-4(3-12)1-2-11-6(5)13/h1-2,12H,3H2,(H,11,13). The minimum Gasteiger partial charge on any atom is -0.392 e. The fourth-order valence-corrected chi connectivity index (χ4v) is 0.962. The van der Waals surface area contributed by atoms with Gasteiger partial charge in [-0.3, -0.25) is 4.79 Å². The zero-order valence-corrected chi connectivity index (χ0v) is 6.35. The molecule has 1 aromatic heterocycles. The highest BCUT2D eigenvalue weighted by atomic mass is 19.4. The maximum absolute atomic E-state index is 12.2. The van der Waals surface area contributed by atoms with Crippen LogP contribution in [0.3, 0.4) is 0 Å². The molecule has 3 nitrogen and oxygen atoms in total. The number of pyridine rings is 1. The normalized spacial score (nSPS) is 11.7. The first kappa shape index (κ1) is 9.79. The molecule has 0 aromatic carbocycles. The summed E-state index contributed by atoms with van der Waals surface area (Å²) in [4.78, 5) is 12.7. The second-order valence-electron chi connectivity index (χ2n) is 2.36. The second-order valence-corrected chi connectivity index (χ2v) is 2.36. The van der Waals surface area contributed by atoms with E-state index < -0.39 is 29.5 Å². The van der Waals surface area contributed by atoms with E-state index in [9.17, 15) is 18.0 Å². The van der Waals surface area contributed by atoms with Gasteiger partial charge < -0.3 is 10.1 Å². The van der Waals surface area contributed by atoms with Crippen molar-refractivity contribution in [2.24, 2.45) is 0 Å². The topological polar surface area (TPSA) is 53.1 Å². The lowest BCUT2D eigenvalue weighted by atomic mass is 10.1. The first-order chi connectivity index (χ1) is 5.96. The lowest BCUT2D eigenvalue weighted by Crippen LogP contribution is -2.23. The molecule has 1 heterocycles. The first-order valence-corrected chi connectivity index (χ1v) is 3.35. The van der Waals surface area contributed by atoms with Gasteiger partial charge in [-0.25, -0.2) is 0 Å². The van der Waals surface area contributed by atoms with Crippen molar-refractivity contribution < 1.29 is 18.3 Å². The van der Waals surface area contributed by atoms with Crippen LogP contribution in [0.4, 0.5) is 13.2 Å². The minimum atomic E-state index is -4.73. The minimum absolute atomic E-state index is 0.420. The third-order valence-corrected chi connectivity index (χ3v) is 1.50. The van der Waals surface area contributed by atoms with Gasteiger partial charge in [0.1, 0.15) is 5.56 Å². The van der Waals surface area contributed by atoms with Crippen LogP contribution < -0.4 is 5.56 Å². The van der Waals surface area contributed by atoms with Crippen LogP contribution in [-0.4, -0.2) is 10.1 Å². The highest BCUT2D eigenvalue weighted by molar-refractivity contribution is 5.25. The predicted octanol–water partition coefficient (Wildman–Crippen LogP) is 0.886. The molecule has 0 aliphatic heterocycles. The number of aromatic nitrogens is 1. The van der Waals surface area contributed by atoms with Crippen LogP contribution in [0, 0.1) is 0 Å². The first-order valence-electron chi connectivity index (χ1n) is 3.35. The van der Waals surface area contributed by atoms with Gasteiger partial charge in [0.05, 0.1) is 6.61 Å². The van der Waals surface area contributed by atoms with Crippen LogP contribution in [0.5, 0.6) is 0 Å². The van der Waals surface area contributed by atoms with Crippen molar-refractivity contribution >= 4 is 0 Å². The molecule has 0 unspecified atom stereocenters. The van der Waals surface area contributed by atoms with E-state index in [1.165, 1.54) is 0 Å². The number of H-pyrrole nitrogens is 1. The third-order valence-electron chi connectivity index (χ3n) is 1.50. The van der Waals surface area contributed by atoms with Gasteiger partial charge in [-0.05, 0) is 11.6 Å². The van der Waals surface area contributed by atoms with Gasteiger partial charge in [0.25, 0.3) is 5.56 Å². The van der Waals surface area contributed by atoms with E-state index in [0.29, 0.717) is 0 Å². The lowest BCUT2D eigenvalue weighted by Gasteiger charge is -2.08. The molecule has 0 fully saturated rings. The van der Waals surface area contributed by atoms with Crippen molar-refractivity contribution in [3.05, 3.63) is 33.7 Å². The molecule has 13 heavy (non-hydrogen) atoms. The number of halogens is 3. The molecule has 2 N–H and O–H groups in total. The summed E-state index contributed by atoms with van der Waals surface area (Å²) in [6.45, 7) is -0.807. The zero-order valence-electron chi connectivity index (χ0n) is 6.35. The Morgan fingerprint density at radius 3 is 2.46 bits per heavy atom. The molecule has 0 aliphatic rings. The van der Waals surface area contributed by atoms with E-state index in [0.717, 1.165) is 12.3 Å². The highest BCUT2D eigenvalue weighted by Gasteiger charge is 2.36. The molecule has 1 rings (SSSR count). The number of aliphatic hydroxyl groups excluding tert-OH is 1. The van der Waals surface area contributed by atoms with Crippen LogP contribution >= 0.6 is 0 Å². The lowest BCUT2D eigenvalue weighted by molar-refractivity contribution is -0.139. The molecule has 0 radical (unpaired) electrons. The molecule has 0 amide bonds.